The summed E-state index contributed by atoms with van der Waals surface area (Å²) in [6.45, 7) is 5.56. The van der Waals surface area contributed by atoms with Crippen LogP contribution in [0.5, 0.6) is 5.75 Å². The molecule has 2 aliphatic heterocycles. The van der Waals surface area contributed by atoms with Crippen LogP contribution < -0.4 is 15.0 Å². The number of nitrogens with one attached hydrogen (secondary N) is 1. The van der Waals surface area contributed by atoms with Crippen molar-refractivity contribution in [1.82, 2.24) is 5.32 Å². The maximum absolute atomic E-state index is 13.0. The lowest BCUT2D eigenvalue weighted by Crippen LogP contribution is -2.42. The highest BCUT2D eigenvalue weighted by atomic mass is 35.5. The number of rotatable bonds is 3. The van der Waals surface area contributed by atoms with Gasteiger partial charge in [0.2, 0.25) is 0 Å². The van der Waals surface area contributed by atoms with Gasteiger partial charge >= 0.3 is 6.09 Å². The first kappa shape index (κ1) is 19.8. The third kappa shape index (κ3) is 3.08. The lowest BCUT2D eigenvalue weighted by atomic mass is 9.93. The minimum atomic E-state index is -0.853. The molecule has 1 aromatic rings. The van der Waals surface area contributed by atoms with Gasteiger partial charge in [-0.3, -0.25) is 9.59 Å². The average Bonchev–Trinajstić information content (AvgIpc) is 3.08. The Kier molecular flexibility index (Phi) is 4.81. The molecule has 1 aliphatic carbocycles. The summed E-state index contributed by atoms with van der Waals surface area (Å²) in [5, 5.41) is 3.17. The Morgan fingerprint density at radius 2 is 1.86 bits per heavy atom. The van der Waals surface area contributed by atoms with E-state index in [1.165, 1.54) is 4.90 Å². The van der Waals surface area contributed by atoms with Crippen LogP contribution in [-0.4, -0.2) is 30.1 Å². The van der Waals surface area contributed by atoms with E-state index >= 15 is 0 Å². The van der Waals surface area contributed by atoms with Crippen LogP contribution in [0.15, 0.2) is 23.3 Å². The topological polar surface area (TPSA) is 84.9 Å². The van der Waals surface area contributed by atoms with E-state index in [0.29, 0.717) is 46.0 Å². The van der Waals surface area contributed by atoms with E-state index in [-0.39, 0.29) is 18.4 Å². The number of carbonyl (C=O) groups is 3. The van der Waals surface area contributed by atoms with Crippen molar-refractivity contribution in [3.63, 3.8) is 0 Å². The molecule has 0 aromatic heterocycles. The van der Waals surface area contributed by atoms with Gasteiger partial charge in [0.15, 0.2) is 5.75 Å². The van der Waals surface area contributed by atoms with E-state index in [9.17, 15) is 14.4 Å². The van der Waals surface area contributed by atoms with Crippen LogP contribution in [-0.2, 0) is 14.3 Å². The number of ether oxygens (including phenoxy) is 2. The normalized spacial score (nSPS) is 22.3. The van der Waals surface area contributed by atoms with E-state index in [4.69, 9.17) is 21.1 Å². The van der Waals surface area contributed by atoms with Crippen LogP contribution in [0.3, 0.4) is 0 Å². The summed E-state index contributed by atoms with van der Waals surface area (Å²) in [6.07, 6.45) is 2.45. The Morgan fingerprint density at radius 3 is 2.45 bits per heavy atom. The lowest BCUT2D eigenvalue weighted by Gasteiger charge is -2.27. The molecule has 4 rings (SSSR count). The Bertz CT molecular complexity index is 925. The molecule has 1 N–H and O–H groups in total. The predicted octanol–water partition coefficient (Wildman–Crippen LogP) is 4.04. The summed E-state index contributed by atoms with van der Waals surface area (Å²) >= 11 is 6.45. The summed E-state index contributed by atoms with van der Waals surface area (Å²) in [5.41, 5.74) is 1.24. The monoisotopic (exact) mass is 418 g/mol. The van der Waals surface area contributed by atoms with Crippen LogP contribution >= 0.6 is 11.6 Å². The SMILES string of the molecule is CCOC(=O)N[C@H]1c2c(Cl)ccc(N3C(=O)C4=C(CCCC4)C3=O)c2OC1(C)C. The molecule has 2 heterocycles. The molecule has 0 unspecified atom stereocenters. The molecule has 0 spiro atoms. The van der Waals surface area contributed by atoms with Crippen molar-refractivity contribution in [3.05, 3.63) is 33.9 Å². The predicted molar refractivity (Wildman–Crippen MR) is 107 cm³/mol. The van der Waals surface area contributed by atoms with Crippen molar-refractivity contribution < 1.29 is 23.9 Å². The molecule has 154 valence electrons. The largest absolute Gasteiger partial charge is 0.483 e. The van der Waals surface area contributed by atoms with Crippen LogP contribution in [0.2, 0.25) is 5.02 Å². The zero-order valence-corrected chi connectivity index (χ0v) is 17.4. The van der Waals surface area contributed by atoms with Crippen LogP contribution in [0.1, 0.15) is 58.1 Å². The highest BCUT2D eigenvalue weighted by Crippen LogP contribution is 2.52. The fourth-order valence-corrected chi connectivity index (χ4v) is 4.54. The second kappa shape index (κ2) is 7.06. The second-order valence-electron chi connectivity index (χ2n) is 7.92. The van der Waals surface area contributed by atoms with Gasteiger partial charge in [0.1, 0.15) is 11.6 Å². The van der Waals surface area contributed by atoms with E-state index in [2.05, 4.69) is 5.32 Å². The quantitative estimate of drug-likeness (QED) is 0.749. The minimum absolute atomic E-state index is 0.231. The minimum Gasteiger partial charge on any atom is -0.483 e. The molecule has 3 aliphatic rings. The highest BCUT2D eigenvalue weighted by molar-refractivity contribution is 6.34. The maximum Gasteiger partial charge on any atom is 0.407 e. The summed E-state index contributed by atoms with van der Waals surface area (Å²) < 4.78 is 11.1. The van der Waals surface area contributed by atoms with Gasteiger partial charge in [-0.2, -0.15) is 0 Å². The van der Waals surface area contributed by atoms with Crippen molar-refractivity contribution in [1.29, 1.82) is 0 Å². The van der Waals surface area contributed by atoms with Gasteiger partial charge in [-0.05, 0) is 58.6 Å². The van der Waals surface area contributed by atoms with Gasteiger partial charge in [0.05, 0.1) is 12.3 Å². The first-order chi connectivity index (χ1) is 13.8. The van der Waals surface area contributed by atoms with Crippen molar-refractivity contribution in [2.75, 3.05) is 11.5 Å². The number of fused-ring (bicyclic) bond motifs is 1. The van der Waals surface area contributed by atoms with Crippen molar-refractivity contribution in [2.24, 2.45) is 0 Å². The number of nitrogens with zero attached hydrogens (tertiary/aromatic N) is 1. The zero-order chi connectivity index (χ0) is 20.9. The maximum atomic E-state index is 13.0. The standard InChI is InChI=1S/C21H23ClN2O5/c1-4-28-20(27)23-17-15-13(22)9-10-14(16(15)29-21(17,2)3)24-18(25)11-7-5-6-8-12(11)19(24)26/h9-10,17H,4-8H2,1-3H3,(H,23,27)/t17-/m0/s1. The second-order valence-corrected chi connectivity index (χ2v) is 8.33. The molecule has 0 fully saturated rings. The first-order valence-electron chi connectivity index (χ1n) is 9.81. The van der Waals surface area contributed by atoms with Crippen LogP contribution in [0.25, 0.3) is 0 Å². The average molecular weight is 419 g/mol. The molecule has 1 atom stereocenters. The highest BCUT2D eigenvalue weighted by Gasteiger charge is 2.48. The number of benzene rings is 1. The number of amides is 3. The van der Waals surface area contributed by atoms with E-state index in [0.717, 1.165) is 12.8 Å². The van der Waals surface area contributed by atoms with Gasteiger partial charge < -0.3 is 14.8 Å². The van der Waals surface area contributed by atoms with Crippen molar-refractivity contribution in [2.45, 2.75) is 58.1 Å². The Labute approximate surface area is 174 Å². The molecule has 0 radical (unpaired) electrons. The van der Waals surface area contributed by atoms with Crippen molar-refractivity contribution in [3.8, 4) is 5.75 Å². The summed E-state index contributed by atoms with van der Waals surface area (Å²) in [7, 11) is 0. The molecule has 0 saturated heterocycles. The number of halogens is 1. The molecule has 0 saturated carbocycles. The molecule has 8 heteroatoms. The van der Waals surface area contributed by atoms with Crippen LogP contribution in [0.4, 0.5) is 10.5 Å². The Hall–Kier alpha value is -2.54. The lowest BCUT2D eigenvalue weighted by molar-refractivity contribution is -0.120. The number of carbonyl (C=O) groups excluding carboxylic acids is 3. The van der Waals surface area contributed by atoms with Gasteiger partial charge in [-0.15, -0.1) is 0 Å². The molecular formula is C21H23ClN2O5. The molecule has 3 amide bonds. The van der Waals surface area contributed by atoms with E-state index < -0.39 is 17.7 Å². The molecule has 1 aromatic carbocycles. The van der Waals surface area contributed by atoms with Gasteiger partial charge in [-0.1, -0.05) is 11.6 Å². The third-order valence-electron chi connectivity index (χ3n) is 5.64. The van der Waals surface area contributed by atoms with E-state index in [1.54, 1.807) is 32.9 Å². The molecule has 0 bridgehead atoms. The summed E-state index contributed by atoms with van der Waals surface area (Å²) in [5.74, 6) is -0.249. The third-order valence-corrected chi connectivity index (χ3v) is 5.97. The molecule has 7 nitrogen and oxygen atoms in total. The van der Waals surface area contributed by atoms with Crippen molar-refractivity contribution >= 4 is 35.2 Å². The number of hydrogen-bond donors (Lipinski definition) is 1. The fraction of sp³-hybridized carbons (Fsp3) is 0.476. The Balaban J connectivity index is 1.76. The zero-order valence-electron chi connectivity index (χ0n) is 16.6. The van der Waals surface area contributed by atoms with Gasteiger partial charge in [0, 0.05) is 21.7 Å². The number of anilines is 1. The number of hydrogen-bond acceptors (Lipinski definition) is 5. The number of imide groups is 1. The Morgan fingerprint density at radius 1 is 1.24 bits per heavy atom. The molecule has 29 heavy (non-hydrogen) atoms. The molecular weight excluding hydrogens is 396 g/mol. The van der Waals surface area contributed by atoms with Gasteiger partial charge in [0.25, 0.3) is 11.8 Å². The summed E-state index contributed by atoms with van der Waals surface area (Å²) in [4.78, 5) is 39.3. The number of alkyl carbamates (subject to hydrolysis) is 1. The fourth-order valence-electron chi connectivity index (χ4n) is 4.28. The summed E-state index contributed by atoms with van der Waals surface area (Å²) in [6, 6.07) is 2.65. The van der Waals surface area contributed by atoms with E-state index in [1.807, 2.05) is 0 Å². The van der Waals surface area contributed by atoms with Crippen LogP contribution in [0, 0.1) is 0 Å². The smallest absolute Gasteiger partial charge is 0.407 e. The van der Waals surface area contributed by atoms with Gasteiger partial charge in [-0.25, -0.2) is 9.69 Å². The first-order valence-corrected chi connectivity index (χ1v) is 10.2.